The highest BCUT2D eigenvalue weighted by atomic mass is 127. The van der Waals surface area contributed by atoms with Gasteiger partial charge in [0.15, 0.2) is 5.96 Å². The molecule has 1 fully saturated rings. The number of ether oxygens (including phenoxy) is 1. The van der Waals surface area contributed by atoms with Gasteiger partial charge in [-0.2, -0.15) is 0 Å². The number of fused-ring (bicyclic) bond motifs is 1. The first-order valence-corrected chi connectivity index (χ1v) is 10.8. The summed E-state index contributed by atoms with van der Waals surface area (Å²) in [7, 11) is 0. The molecule has 1 aliphatic rings. The number of hydrogen-bond donors (Lipinski definition) is 2. The van der Waals surface area contributed by atoms with E-state index < -0.39 is 0 Å². The molecule has 2 heterocycles. The first-order valence-electron chi connectivity index (χ1n) is 10.8. The van der Waals surface area contributed by atoms with Gasteiger partial charge >= 0.3 is 0 Å². The normalized spacial score (nSPS) is 16.0. The number of nitrogens with one attached hydrogen (secondary N) is 2. The van der Waals surface area contributed by atoms with Crippen molar-refractivity contribution in [2.24, 2.45) is 10.4 Å². The van der Waals surface area contributed by atoms with Gasteiger partial charge in [-0.05, 0) is 50.7 Å². The highest BCUT2D eigenvalue weighted by Crippen LogP contribution is 2.41. The second-order valence-corrected chi connectivity index (χ2v) is 7.72. The zero-order valence-corrected chi connectivity index (χ0v) is 20.2. The lowest BCUT2D eigenvalue weighted by Gasteiger charge is -2.27. The van der Waals surface area contributed by atoms with Crippen molar-refractivity contribution in [1.82, 2.24) is 20.0 Å². The fraction of sp³-hybridized carbons (Fsp3) is 0.636. The van der Waals surface area contributed by atoms with E-state index >= 15 is 0 Å². The van der Waals surface area contributed by atoms with E-state index in [9.17, 15) is 0 Å². The fourth-order valence-corrected chi connectivity index (χ4v) is 4.05. The van der Waals surface area contributed by atoms with Crippen molar-refractivity contribution in [3.05, 3.63) is 36.3 Å². The number of aliphatic imine (C=N–C) groups is 1. The zero-order valence-electron chi connectivity index (χ0n) is 17.8. The Morgan fingerprint density at radius 1 is 1.24 bits per heavy atom. The number of nitrogens with zero attached hydrogens (tertiary/aromatic N) is 3. The Morgan fingerprint density at radius 2 is 2.07 bits per heavy atom. The summed E-state index contributed by atoms with van der Waals surface area (Å²) < 4.78 is 7.69. The number of rotatable bonds is 10. The summed E-state index contributed by atoms with van der Waals surface area (Å²) >= 11 is 0. The Bertz CT molecular complexity index is 721. The zero-order chi connectivity index (χ0) is 19.7. The van der Waals surface area contributed by atoms with Crippen LogP contribution in [0.5, 0.6) is 0 Å². The molecule has 0 saturated heterocycles. The molecule has 3 rings (SSSR count). The third-order valence-corrected chi connectivity index (χ3v) is 5.65. The van der Waals surface area contributed by atoms with Crippen LogP contribution in [0, 0.1) is 5.41 Å². The second-order valence-electron chi connectivity index (χ2n) is 7.72. The number of hydrogen-bond acceptors (Lipinski definition) is 3. The summed E-state index contributed by atoms with van der Waals surface area (Å²) in [6, 6.07) is 6.08. The van der Waals surface area contributed by atoms with E-state index in [1.165, 1.54) is 25.7 Å². The van der Waals surface area contributed by atoms with E-state index in [2.05, 4.69) is 40.1 Å². The Balaban J connectivity index is 0.00000300. The largest absolute Gasteiger partial charge is 0.382 e. The molecule has 2 aromatic heterocycles. The third-order valence-electron chi connectivity index (χ3n) is 5.65. The molecule has 0 aromatic carbocycles. The van der Waals surface area contributed by atoms with Crippen LogP contribution >= 0.6 is 24.0 Å². The van der Waals surface area contributed by atoms with E-state index in [4.69, 9.17) is 9.73 Å². The predicted molar refractivity (Wildman–Crippen MR) is 130 cm³/mol. The van der Waals surface area contributed by atoms with Crippen molar-refractivity contribution in [3.8, 4) is 0 Å². The summed E-state index contributed by atoms with van der Waals surface area (Å²) in [5.74, 6) is 0.911. The smallest absolute Gasteiger partial charge is 0.191 e. The van der Waals surface area contributed by atoms with E-state index in [0.717, 1.165) is 63.0 Å². The van der Waals surface area contributed by atoms with E-state index in [1.54, 1.807) is 0 Å². The average Bonchev–Trinajstić information content (AvgIpc) is 3.33. The highest BCUT2D eigenvalue weighted by molar-refractivity contribution is 14.0. The van der Waals surface area contributed by atoms with Crippen molar-refractivity contribution in [2.45, 2.75) is 52.4 Å². The van der Waals surface area contributed by atoms with Gasteiger partial charge in [-0.3, -0.25) is 4.99 Å². The maximum Gasteiger partial charge on any atom is 0.191 e. The number of halogens is 1. The van der Waals surface area contributed by atoms with Crippen molar-refractivity contribution >= 4 is 35.6 Å². The van der Waals surface area contributed by atoms with Crippen LogP contribution in [0.3, 0.4) is 0 Å². The minimum atomic E-state index is 0. The number of imidazole rings is 1. The molecule has 2 aromatic rings. The minimum Gasteiger partial charge on any atom is -0.382 e. The van der Waals surface area contributed by atoms with Gasteiger partial charge in [0.25, 0.3) is 0 Å². The first-order chi connectivity index (χ1) is 13.7. The van der Waals surface area contributed by atoms with Crippen LogP contribution in [0.15, 0.2) is 35.6 Å². The van der Waals surface area contributed by atoms with Gasteiger partial charge < -0.3 is 19.8 Å². The van der Waals surface area contributed by atoms with E-state index in [1.807, 2.05) is 24.4 Å². The van der Waals surface area contributed by atoms with E-state index in [-0.39, 0.29) is 24.0 Å². The maximum atomic E-state index is 5.62. The van der Waals surface area contributed by atoms with Crippen LogP contribution in [0.2, 0.25) is 0 Å². The minimum absolute atomic E-state index is 0. The topological polar surface area (TPSA) is 63.0 Å². The van der Waals surface area contributed by atoms with Gasteiger partial charge in [0.2, 0.25) is 0 Å². The van der Waals surface area contributed by atoms with Crippen LogP contribution < -0.4 is 10.6 Å². The molecule has 1 aliphatic carbocycles. The van der Waals surface area contributed by atoms with Crippen molar-refractivity contribution < 1.29 is 4.74 Å². The molecule has 162 valence electrons. The number of pyridine rings is 1. The second kappa shape index (κ2) is 12.4. The third kappa shape index (κ3) is 7.13. The molecule has 7 heteroatoms. The maximum absolute atomic E-state index is 5.62. The van der Waals surface area contributed by atoms with Gasteiger partial charge in [-0.25, -0.2) is 4.98 Å². The van der Waals surface area contributed by atoms with Crippen LogP contribution in [-0.4, -0.2) is 48.2 Å². The van der Waals surface area contributed by atoms with Crippen molar-refractivity contribution in [1.29, 1.82) is 0 Å². The summed E-state index contributed by atoms with van der Waals surface area (Å²) in [5.41, 5.74) is 2.41. The molecule has 0 spiro atoms. The summed E-state index contributed by atoms with van der Waals surface area (Å²) in [6.45, 7) is 8.39. The van der Waals surface area contributed by atoms with Crippen LogP contribution in [-0.2, 0) is 11.2 Å². The quantitative estimate of drug-likeness (QED) is 0.218. The molecule has 29 heavy (non-hydrogen) atoms. The molecule has 0 aliphatic heterocycles. The highest BCUT2D eigenvalue weighted by Gasteiger charge is 2.33. The van der Waals surface area contributed by atoms with Gasteiger partial charge in [0.05, 0.1) is 5.69 Å². The molecule has 2 N–H and O–H groups in total. The lowest BCUT2D eigenvalue weighted by atomic mass is 9.83. The van der Waals surface area contributed by atoms with Gasteiger partial charge in [-0.1, -0.05) is 18.9 Å². The molecular weight excluding hydrogens is 477 g/mol. The molecule has 6 nitrogen and oxygen atoms in total. The molecular formula is C22H36IN5O. The number of guanidine groups is 1. The molecule has 0 radical (unpaired) electrons. The average molecular weight is 513 g/mol. The fourth-order valence-electron chi connectivity index (χ4n) is 4.05. The lowest BCUT2D eigenvalue weighted by Crippen LogP contribution is -2.39. The summed E-state index contributed by atoms with van der Waals surface area (Å²) in [6.07, 6.45) is 11.3. The predicted octanol–water partition coefficient (Wildman–Crippen LogP) is 4.04. The van der Waals surface area contributed by atoms with Gasteiger partial charge in [-0.15, -0.1) is 24.0 Å². The monoisotopic (exact) mass is 513 g/mol. The van der Waals surface area contributed by atoms with Crippen LogP contribution in [0.1, 0.15) is 51.6 Å². The molecule has 0 amide bonds. The van der Waals surface area contributed by atoms with Crippen LogP contribution in [0.25, 0.3) is 5.65 Å². The number of aromatic nitrogens is 2. The molecule has 0 unspecified atom stereocenters. The Labute approximate surface area is 191 Å². The Hall–Kier alpha value is -1.35. The summed E-state index contributed by atoms with van der Waals surface area (Å²) in [4.78, 5) is 9.60. The standard InChI is InChI=1S/C22H35N5O.HI/c1-3-23-21(25-18-22(11-6-7-12-22)13-16-28-4-2)24-14-10-19-17-27-15-8-5-9-20(27)26-19;/h5,8-9,15,17H,3-4,6-7,10-14,16,18H2,1-2H3,(H2,23,24,25);1H. The molecule has 0 atom stereocenters. The molecule has 0 bridgehead atoms. The Morgan fingerprint density at radius 3 is 2.79 bits per heavy atom. The Kier molecular flexibility index (Phi) is 10.2. The van der Waals surface area contributed by atoms with Gasteiger partial charge in [0.1, 0.15) is 5.65 Å². The first kappa shape index (κ1) is 23.9. The summed E-state index contributed by atoms with van der Waals surface area (Å²) in [5, 5.41) is 6.87. The molecule has 1 saturated carbocycles. The van der Waals surface area contributed by atoms with Crippen molar-refractivity contribution in [3.63, 3.8) is 0 Å². The lowest BCUT2D eigenvalue weighted by molar-refractivity contribution is 0.107. The van der Waals surface area contributed by atoms with E-state index in [0.29, 0.717) is 5.41 Å². The van der Waals surface area contributed by atoms with Gasteiger partial charge in [0, 0.05) is 51.7 Å². The van der Waals surface area contributed by atoms with Crippen LogP contribution in [0.4, 0.5) is 0 Å². The SMILES string of the molecule is CCNC(=NCC1(CCOCC)CCCC1)NCCc1cn2ccccc2n1.I. The van der Waals surface area contributed by atoms with Crippen molar-refractivity contribution in [2.75, 3.05) is 32.8 Å².